The second-order valence-corrected chi connectivity index (χ2v) is 11.2. The van der Waals surface area contributed by atoms with E-state index in [1.807, 2.05) is 0 Å². The summed E-state index contributed by atoms with van der Waals surface area (Å²) in [6.07, 6.45) is 9.05. The first-order valence-corrected chi connectivity index (χ1v) is 10.8. The molecule has 2 aromatic carbocycles. The maximum atomic E-state index is 2.40. The predicted octanol–water partition coefficient (Wildman–Crippen LogP) is 5.14. The molecule has 2 aliphatic carbocycles. The van der Waals surface area contributed by atoms with Gasteiger partial charge in [-0.15, -0.1) is 0 Å². The van der Waals surface area contributed by atoms with E-state index in [0.717, 1.165) is 16.5 Å². The van der Waals surface area contributed by atoms with Crippen molar-refractivity contribution < 1.29 is 23.2 Å². The SMILES string of the molecule is C[CH](C)[Zr][c]1c(C2=CC=CC2)ccc2c1Cc1ccccc1-2. The average molecular weight is 364 g/mol. The van der Waals surface area contributed by atoms with Crippen LogP contribution in [0.4, 0.5) is 0 Å². The minimum atomic E-state index is -0.561. The first-order chi connectivity index (χ1) is 10.7. The number of benzene rings is 2. The van der Waals surface area contributed by atoms with Crippen LogP contribution in [0.1, 0.15) is 37.0 Å². The van der Waals surface area contributed by atoms with Crippen molar-refractivity contribution in [1.29, 1.82) is 0 Å². The van der Waals surface area contributed by atoms with Crippen molar-refractivity contribution in [2.75, 3.05) is 0 Å². The van der Waals surface area contributed by atoms with Crippen LogP contribution in [0.3, 0.4) is 0 Å². The van der Waals surface area contributed by atoms with Gasteiger partial charge in [-0.2, -0.15) is 0 Å². The van der Waals surface area contributed by atoms with Crippen LogP contribution in [0.25, 0.3) is 16.7 Å². The quantitative estimate of drug-likeness (QED) is 0.604. The van der Waals surface area contributed by atoms with Crippen LogP contribution in [0, 0.1) is 0 Å². The van der Waals surface area contributed by atoms with Gasteiger partial charge in [-0.3, -0.25) is 0 Å². The van der Waals surface area contributed by atoms with Crippen molar-refractivity contribution in [3.8, 4) is 11.1 Å². The van der Waals surface area contributed by atoms with E-state index in [2.05, 4.69) is 68.5 Å². The molecule has 0 radical (unpaired) electrons. The van der Waals surface area contributed by atoms with E-state index < -0.39 is 23.2 Å². The molecule has 22 heavy (non-hydrogen) atoms. The van der Waals surface area contributed by atoms with Gasteiger partial charge in [-0.25, -0.2) is 0 Å². The fourth-order valence-electron chi connectivity index (χ4n) is 3.58. The van der Waals surface area contributed by atoms with E-state index in [-0.39, 0.29) is 0 Å². The normalized spacial score (nSPS) is 15.0. The Hall–Kier alpha value is -1.20. The van der Waals surface area contributed by atoms with Gasteiger partial charge in [0, 0.05) is 0 Å². The molecular formula is C21H20Zr. The van der Waals surface area contributed by atoms with Crippen LogP contribution < -0.4 is 3.27 Å². The van der Waals surface area contributed by atoms with Gasteiger partial charge in [0.15, 0.2) is 0 Å². The van der Waals surface area contributed by atoms with Crippen molar-refractivity contribution in [3.63, 3.8) is 0 Å². The minimum absolute atomic E-state index is 0.561. The van der Waals surface area contributed by atoms with E-state index >= 15 is 0 Å². The van der Waals surface area contributed by atoms with Gasteiger partial charge >= 0.3 is 145 Å². The number of hydrogen-bond acceptors (Lipinski definition) is 0. The molecule has 0 atom stereocenters. The van der Waals surface area contributed by atoms with Crippen LogP contribution in [0.2, 0.25) is 3.63 Å². The second-order valence-electron chi connectivity index (χ2n) is 6.47. The third kappa shape index (κ3) is 2.40. The van der Waals surface area contributed by atoms with Crippen molar-refractivity contribution in [3.05, 3.63) is 71.3 Å². The van der Waals surface area contributed by atoms with E-state index in [4.69, 9.17) is 0 Å². The number of allylic oxidation sites excluding steroid dienone is 4. The van der Waals surface area contributed by atoms with Crippen LogP contribution in [-0.4, -0.2) is 0 Å². The summed E-state index contributed by atoms with van der Waals surface area (Å²) < 4.78 is 2.61. The molecule has 0 saturated carbocycles. The Bertz CT molecular complexity index is 794. The fraction of sp³-hybridized carbons (Fsp3) is 0.238. The third-order valence-electron chi connectivity index (χ3n) is 4.54. The zero-order valence-corrected chi connectivity index (χ0v) is 15.6. The first kappa shape index (κ1) is 14.4. The zero-order valence-electron chi connectivity index (χ0n) is 13.2. The Kier molecular flexibility index (Phi) is 3.78. The van der Waals surface area contributed by atoms with Gasteiger partial charge in [0.2, 0.25) is 0 Å². The number of hydrogen-bond donors (Lipinski definition) is 0. The van der Waals surface area contributed by atoms with Crippen molar-refractivity contribution in [2.24, 2.45) is 0 Å². The van der Waals surface area contributed by atoms with Crippen molar-refractivity contribution in [2.45, 2.75) is 30.3 Å². The topological polar surface area (TPSA) is 0 Å². The molecule has 0 aromatic heterocycles. The van der Waals surface area contributed by atoms with Gasteiger partial charge in [-0.05, 0) is 0 Å². The van der Waals surface area contributed by atoms with E-state index in [0.29, 0.717) is 0 Å². The number of rotatable bonds is 3. The molecule has 0 unspecified atom stereocenters. The van der Waals surface area contributed by atoms with Crippen molar-refractivity contribution >= 4 is 8.84 Å². The Morgan fingerprint density at radius 3 is 2.55 bits per heavy atom. The molecule has 0 N–H and O–H groups in total. The van der Waals surface area contributed by atoms with Crippen LogP contribution >= 0.6 is 0 Å². The van der Waals surface area contributed by atoms with Gasteiger partial charge in [0.1, 0.15) is 0 Å². The Labute approximate surface area is 144 Å². The molecule has 0 spiro atoms. The van der Waals surface area contributed by atoms with Crippen LogP contribution in [0.5, 0.6) is 0 Å². The molecule has 1 heteroatoms. The molecule has 0 fully saturated rings. The summed E-state index contributed by atoms with van der Waals surface area (Å²) >= 11 is -0.561. The summed E-state index contributed by atoms with van der Waals surface area (Å²) in [5, 5.41) is 0. The molecule has 108 valence electrons. The Balaban J connectivity index is 1.88. The summed E-state index contributed by atoms with van der Waals surface area (Å²) in [7, 11) is 0. The summed E-state index contributed by atoms with van der Waals surface area (Å²) in [4.78, 5) is 0. The maximum absolute atomic E-state index is 2.40. The third-order valence-corrected chi connectivity index (χ3v) is 8.07. The van der Waals surface area contributed by atoms with E-state index in [1.165, 1.54) is 22.3 Å². The molecule has 2 aromatic rings. The molecule has 0 saturated heterocycles. The molecule has 0 amide bonds. The monoisotopic (exact) mass is 362 g/mol. The second kappa shape index (κ2) is 5.78. The average Bonchev–Trinajstić information content (AvgIpc) is 3.14. The fourth-order valence-corrected chi connectivity index (χ4v) is 6.96. The Morgan fingerprint density at radius 1 is 0.955 bits per heavy atom. The van der Waals surface area contributed by atoms with Gasteiger partial charge < -0.3 is 0 Å². The van der Waals surface area contributed by atoms with E-state index in [9.17, 15) is 0 Å². The molecule has 4 rings (SSSR count). The molecule has 2 aliphatic rings. The molecule has 0 bridgehead atoms. The van der Waals surface area contributed by atoms with E-state index in [1.54, 1.807) is 14.4 Å². The van der Waals surface area contributed by atoms with Crippen LogP contribution in [-0.2, 0) is 29.7 Å². The van der Waals surface area contributed by atoms with Gasteiger partial charge in [0.05, 0.1) is 0 Å². The summed E-state index contributed by atoms with van der Waals surface area (Å²) in [5.74, 6) is 0. The molecule has 0 aliphatic heterocycles. The van der Waals surface area contributed by atoms with Gasteiger partial charge in [0.25, 0.3) is 0 Å². The standard InChI is InChI=1S/C18H13.C3H7.Zr/c1-2-6-13(5-1)14-9-10-18-16(11-14)12-15-7-3-4-8-17(15)18;1-3-2;/h1-5,7-10H,6,12H2;3H,1-2H3;. The molecule has 0 nitrogen and oxygen atoms in total. The first-order valence-electron chi connectivity index (χ1n) is 8.11. The Morgan fingerprint density at radius 2 is 1.77 bits per heavy atom. The van der Waals surface area contributed by atoms with Crippen molar-refractivity contribution in [1.82, 2.24) is 0 Å². The summed E-state index contributed by atoms with van der Waals surface area (Å²) in [6, 6.07) is 13.7. The predicted molar refractivity (Wildman–Crippen MR) is 91.2 cm³/mol. The molecular weight excluding hydrogens is 343 g/mol. The zero-order chi connectivity index (χ0) is 15.1. The molecule has 0 heterocycles. The van der Waals surface area contributed by atoms with Gasteiger partial charge in [-0.1, -0.05) is 0 Å². The van der Waals surface area contributed by atoms with Crippen LogP contribution in [0.15, 0.2) is 54.6 Å². The summed E-state index contributed by atoms with van der Waals surface area (Å²) in [5.41, 5.74) is 9.20. The summed E-state index contributed by atoms with van der Waals surface area (Å²) in [6.45, 7) is 4.80. The number of fused-ring (bicyclic) bond motifs is 3.